The van der Waals surface area contributed by atoms with Crippen LogP contribution in [0.4, 0.5) is 11.4 Å². The van der Waals surface area contributed by atoms with Gasteiger partial charge in [-0.25, -0.2) is 0 Å². The van der Waals surface area contributed by atoms with Gasteiger partial charge in [0.1, 0.15) is 0 Å². The summed E-state index contributed by atoms with van der Waals surface area (Å²) < 4.78 is 0. The normalized spacial score (nSPS) is 50.1. The third-order valence-corrected chi connectivity index (χ3v) is 10.0. The van der Waals surface area contributed by atoms with Crippen molar-refractivity contribution < 1.29 is 0 Å². The molecule has 0 heterocycles. The number of nitrogens with one attached hydrogen (secondary N) is 2. The van der Waals surface area contributed by atoms with Crippen LogP contribution >= 0.6 is 0 Å². The summed E-state index contributed by atoms with van der Waals surface area (Å²) >= 11 is 0. The Hall–Kier alpha value is -1.18. The van der Waals surface area contributed by atoms with E-state index in [-0.39, 0.29) is 0 Å². The molecule has 8 bridgehead atoms. The van der Waals surface area contributed by atoms with Crippen molar-refractivity contribution in [1.29, 1.82) is 0 Å². The van der Waals surface area contributed by atoms with Gasteiger partial charge in [-0.15, -0.1) is 0 Å². The van der Waals surface area contributed by atoms with E-state index in [9.17, 15) is 0 Å². The Labute approximate surface area is 170 Å². The van der Waals surface area contributed by atoms with E-state index in [0.717, 1.165) is 59.4 Å². The molecule has 2 nitrogen and oxygen atoms in total. The van der Waals surface area contributed by atoms with Gasteiger partial charge in [0.05, 0.1) is 11.4 Å². The number of para-hydroxylation sites is 2. The van der Waals surface area contributed by atoms with Crippen LogP contribution in [0, 0.1) is 47.3 Å². The van der Waals surface area contributed by atoms with Crippen molar-refractivity contribution in [2.75, 3.05) is 10.6 Å². The largest absolute Gasteiger partial charge is 0.380 e. The Morgan fingerprint density at radius 2 is 0.786 bits per heavy atom. The van der Waals surface area contributed by atoms with Gasteiger partial charge in [-0.05, 0) is 124 Å². The van der Waals surface area contributed by atoms with Gasteiger partial charge < -0.3 is 10.6 Å². The average molecular weight is 377 g/mol. The van der Waals surface area contributed by atoms with Gasteiger partial charge in [0.15, 0.2) is 0 Å². The maximum absolute atomic E-state index is 4.10. The summed E-state index contributed by atoms with van der Waals surface area (Å²) in [7, 11) is 0. The van der Waals surface area contributed by atoms with Crippen LogP contribution in [-0.4, -0.2) is 12.1 Å². The molecule has 8 aliphatic rings. The first-order valence-corrected chi connectivity index (χ1v) is 12.4. The van der Waals surface area contributed by atoms with Crippen LogP contribution < -0.4 is 10.6 Å². The summed E-state index contributed by atoms with van der Waals surface area (Å²) in [4.78, 5) is 0. The van der Waals surface area contributed by atoms with E-state index >= 15 is 0 Å². The molecule has 0 atom stereocenters. The maximum Gasteiger partial charge on any atom is 0.0578 e. The molecule has 0 radical (unpaired) electrons. The molecule has 0 saturated heterocycles. The Kier molecular flexibility index (Phi) is 3.65. The molecule has 0 unspecified atom stereocenters. The van der Waals surface area contributed by atoms with Crippen molar-refractivity contribution in [1.82, 2.24) is 0 Å². The monoisotopic (exact) mass is 376 g/mol. The summed E-state index contributed by atoms with van der Waals surface area (Å²) in [5, 5.41) is 8.21. The molecule has 28 heavy (non-hydrogen) atoms. The molecule has 2 N–H and O–H groups in total. The molecule has 9 rings (SSSR count). The topological polar surface area (TPSA) is 24.1 Å². The van der Waals surface area contributed by atoms with E-state index in [1.807, 2.05) is 0 Å². The van der Waals surface area contributed by atoms with Gasteiger partial charge in [-0.2, -0.15) is 0 Å². The minimum atomic E-state index is 0.731. The first-order valence-electron chi connectivity index (χ1n) is 12.4. The molecule has 0 amide bonds. The minimum Gasteiger partial charge on any atom is -0.380 e. The van der Waals surface area contributed by atoms with Crippen LogP contribution in [-0.2, 0) is 0 Å². The van der Waals surface area contributed by atoms with Crippen molar-refractivity contribution in [3.8, 4) is 0 Å². The average Bonchev–Trinajstić information content (AvgIpc) is 2.67. The molecule has 2 heteroatoms. The second kappa shape index (κ2) is 6.16. The lowest BCUT2D eigenvalue weighted by molar-refractivity contribution is 0.00680. The van der Waals surface area contributed by atoms with Crippen LogP contribution in [0.5, 0.6) is 0 Å². The summed E-state index contributed by atoms with van der Waals surface area (Å²) in [6.07, 6.45) is 15.1. The fraction of sp³-hybridized carbons (Fsp3) is 0.769. The number of hydrogen-bond acceptors (Lipinski definition) is 2. The smallest absolute Gasteiger partial charge is 0.0578 e. The quantitative estimate of drug-likeness (QED) is 0.657. The van der Waals surface area contributed by atoms with Crippen molar-refractivity contribution in [3.63, 3.8) is 0 Å². The van der Waals surface area contributed by atoms with Gasteiger partial charge >= 0.3 is 0 Å². The first-order chi connectivity index (χ1) is 13.8. The molecular formula is C26H36N2. The van der Waals surface area contributed by atoms with Crippen LogP contribution in [0.15, 0.2) is 24.3 Å². The standard InChI is InChI=1S/C26H36N2/c1-2-4-24(28-26-21-11-17-6-18(13-21)14-22(26)12-17)23(3-1)27-25-19-7-15-5-16(9-19)10-20(25)8-15/h1-4,15-22,25-28H,5-14H2. The van der Waals surface area contributed by atoms with Crippen LogP contribution in [0.2, 0.25) is 0 Å². The van der Waals surface area contributed by atoms with Crippen molar-refractivity contribution >= 4 is 11.4 Å². The highest BCUT2D eigenvalue weighted by Crippen LogP contribution is 2.56. The van der Waals surface area contributed by atoms with Crippen LogP contribution in [0.25, 0.3) is 0 Å². The van der Waals surface area contributed by atoms with Crippen LogP contribution in [0.3, 0.4) is 0 Å². The molecular weight excluding hydrogens is 340 g/mol. The Morgan fingerprint density at radius 1 is 0.464 bits per heavy atom. The van der Waals surface area contributed by atoms with E-state index < -0.39 is 0 Å². The highest BCUT2D eigenvalue weighted by atomic mass is 15.0. The van der Waals surface area contributed by atoms with Crippen molar-refractivity contribution in [2.45, 2.75) is 76.3 Å². The third-order valence-electron chi connectivity index (χ3n) is 10.0. The summed E-state index contributed by atoms with van der Waals surface area (Å²) in [5.74, 6) is 7.97. The predicted molar refractivity (Wildman–Crippen MR) is 115 cm³/mol. The molecule has 0 aliphatic heterocycles. The lowest BCUT2D eigenvalue weighted by atomic mass is 9.54. The zero-order valence-corrected chi connectivity index (χ0v) is 17.2. The third kappa shape index (κ3) is 2.58. The molecule has 0 spiro atoms. The maximum atomic E-state index is 4.10. The first kappa shape index (κ1) is 16.6. The van der Waals surface area contributed by atoms with E-state index in [1.54, 1.807) is 12.8 Å². The van der Waals surface area contributed by atoms with E-state index in [0.29, 0.717) is 0 Å². The molecule has 150 valence electrons. The lowest BCUT2D eigenvalue weighted by Crippen LogP contribution is -2.52. The van der Waals surface area contributed by atoms with Crippen LogP contribution in [0.1, 0.15) is 64.2 Å². The van der Waals surface area contributed by atoms with Gasteiger partial charge in [-0.1, -0.05) is 12.1 Å². The minimum absolute atomic E-state index is 0.731. The second-order valence-corrected chi connectivity index (χ2v) is 11.7. The summed E-state index contributed by atoms with van der Waals surface area (Å²) in [5.41, 5.74) is 2.79. The summed E-state index contributed by atoms with van der Waals surface area (Å²) in [6, 6.07) is 10.6. The molecule has 0 aromatic heterocycles. The van der Waals surface area contributed by atoms with E-state index in [2.05, 4.69) is 34.9 Å². The Balaban J connectivity index is 1.12. The van der Waals surface area contributed by atoms with Crippen molar-refractivity contribution in [3.05, 3.63) is 24.3 Å². The zero-order chi connectivity index (χ0) is 18.2. The van der Waals surface area contributed by atoms with Gasteiger partial charge in [0.25, 0.3) is 0 Å². The zero-order valence-electron chi connectivity index (χ0n) is 17.2. The number of benzene rings is 1. The molecule has 1 aromatic rings. The molecule has 8 fully saturated rings. The molecule has 1 aromatic carbocycles. The second-order valence-electron chi connectivity index (χ2n) is 11.7. The van der Waals surface area contributed by atoms with E-state index in [4.69, 9.17) is 0 Å². The fourth-order valence-electron chi connectivity index (χ4n) is 9.42. The predicted octanol–water partition coefficient (Wildman–Crippen LogP) is 6.16. The van der Waals surface area contributed by atoms with E-state index in [1.165, 1.54) is 62.7 Å². The number of anilines is 2. The van der Waals surface area contributed by atoms with Gasteiger partial charge in [0, 0.05) is 12.1 Å². The Morgan fingerprint density at radius 3 is 1.11 bits per heavy atom. The summed E-state index contributed by atoms with van der Waals surface area (Å²) in [6.45, 7) is 0. The lowest BCUT2D eigenvalue weighted by Gasteiger charge is -2.55. The number of hydrogen-bond donors (Lipinski definition) is 2. The highest BCUT2D eigenvalue weighted by Gasteiger charge is 2.49. The van der Waals surface area contributed by atoms with Crippen molar-refractivity contribution in [2.24, 2.45) is 47.3 Å². The number of rotatable bonds is 4. The highest BCUT2D eigenvalue weighted by molar-refractivity contribution is 5.69. The SMILES string of the molecule is c1ccc(NC2C3CC4CC(C3)CC2C4)c(NC2C3CC4CC(C3)CC2C4)c1. The fourth-order valence-corrected chi connectivity index (χ4v) is 9.42. The van der Waals surface area contributed by atoms with Gasteiger partial charge in [0.2, 0.25) is 0 Å². The van der Waals surface area contributed by atoms with Gasteiger partial charge in [-0.3, -0.25) is 0 Å². The molecule has 8 aliphatic carbocycles. The Bertz CT molecular complexity index is 636. The molecule has 8 saturated carbocycles.